The Morgan fingerprint density at radius 3 is 2.67 bits per heavy atom. The molecule has 0 amide bonds. The maximum absolute atomic E-state index is 13.9. The van der Waals surface area contributed by atoms with Gasteiger partial charge in [0.2, 0.25) is 0 Å². The monoisotopic (exact) mass is 384 g/mol. The van der Waals surface area contributed by atoms with E-state index in [1.165, 1.54) is 6.07 Å². The maximum atomic E-state index is 13.9. The van der Waals surface area contributed by atoms with Crippen LogP contribution in [-0.4, -0.2) is 22.0 Å². The van der Waals surface area contributed by atoms with E-state index in [2.05, 4.69) is 15.7 Å². The lowest BCUT2D eigenvalue weighted by Gasteiger charge is -2.12. The van der Waals surface area contributed by atoms with Gasteiger partial charge in [0.25, 0.3) is 0 Å². The summed E-state index contributed by atoms with van der Waals surface area (Å²) in [5, 5.41) is 11.3. The molecular weight excluding hydrogens is 363 g/mol. The van der Waals surface area contributed by atoms with Gasteiger partial charge in [-0.15, -0.1) is 0 Å². The lowest BCUT2D eigenvalue weighted by molar-refractivity contribution is 0.415. The van der Waals surface area contributed by atoms with Gasteiger partial charge in [0.05, 0.1) is 30.7 Å². The van der Waals surface area contributed by atoms with Crippen LogP contribution in [0.15, 0.2) is 48.5 Å². The summed E-state index contributed by atoms with van der Waals surface area (Å²) in [5.74, 6) is 0.502. The molecule has 140 valence electrons. The molecule has 27 heavy (non-hydrogen) atoms. The first-order chi connectivity index (χ1) is 13.0. The van der Waals surface area contributed by atoms with E-state index in [9.17, 15) is 4.39 Å². The van der Waals surface area contributed by atoms with Gasteiger partial charge in [0, 0.05) is 17.3 Å². The summed E-state index contributed by atoms with van der Waals surface area (Å²) in [5.41, 5.74) is 3.89. The number of thiocarbonyl (C=S) groups is 1. The zero-order valence-electron chi connectivity index (χ0n) is 15.4. The van der Waals surface area contributed by atoms with Crippen molar-refractivity contribution in [1.82, 2.24) is 9.78 Å². The van der Waals surface area contributed by atoms with Crippen LogP contribution in [0.4, 0.5) is 15.8 Å². The first-order valence-electron chi connectivity index (χ1n) is 8.47. The molecule has 0 fully saturated rings. The molecule has 3 rings (SSSR count). The summed E-state index contributed by atoms with van der Waals surface area (Å²) in [6, 6.07) is 14.2. The van der Waals surface area contributed by atoms with Gasteiger partial charge >= 0.3 is 0 Å². The van der Waals surface area contributed by atoms with Gasteiger partial charge in [-0.3, -0.25) is 4.68 Å². The van der Waals surface area contributed by atoms with E-state index in [-0.39, 0.29) is 5.82 Å². The van der Waals surface area contributed by atoms with Crippen LogP contribution < -0.4 is 15.4 Å². The SMILES string of the molecule is COc1cccc(NC(=S)Nc2c(C)nn(Cc3ccccc3F)c2C)c1. The van der Waals surface area contributed by atoms with Gasteiger partial charge in [0.1, 0.15) is 11.6 Å². The number of aryl methyl sites for hydroxylation is 1. The van der Waals surface area contributed by atoms with E-state index >= 15 is 0 Å². The van der Waals surface area contributed by atoms with Crippen molar-refractivity contribution in [3.8, 4) is 5.75 Å². The van der Waals surface area contributed by atoms with E-state index in [0.717, 1.165) is 28.5 Å². The Balaban J connectivity index is 1.74. The summed E-state index contributed by atoms with van der Waals surface area (Å²) in [6.07, 6.45) is 0. The molecule has 1 aromatic heterocycles. The van der Waals surface area contributed by atoms with Crippen molar-refractivity contribution in [2.24, 2.45) is 0 Å². The number of hydrogen-bond acceptors (Lipinski definition) is 3. The number of nitrogens with one attached hydrogen (secondary N) is 2. The molecule has 1 heterocycles. The number of hydrogen-bond donors (Lipinski definition) is 2. The zero-order valence-corrected chi connectivity index (χ0v) is 16.2. The second-order valence-electron chi connectivity index (χ2n) is 6.11. The first kappa shape index (κ1) is 18.8. The molecule has 0 atom stereocenters. The molecule has 2 N–H and O–H groups in total. The van der Waals surface area contributed by atoms with E-state index in [0.29, 0.717) is 17.2 Å². The smallest absolute Gasteiger partial charge is 0.175 e. The van der Waals surface area contributed by atoms with E-state index in [4.69, 9.17) is 17.0 Å². The fourth-order valence-electron chi connectivity index (χ4n) is 2.80. The normalized spacial score (nSPS) is 10.5. The van der Waals surface area contributed by atoms with Crippen LogP contribution in [-0.2, 0) is 6.54 Å². The van der Waals surface area contributed by atoms with Gasteiger partial charge in [-0.1, -0.05) is 24.3 Å². The highest BCUT2D eigenvalue weighted by Gasteiger charge is 2.14. The predicted octanol–water partition coefficient (Wildman–Crippen LogP) is 4.50. The summed E-state index contributed by atoms with van der Waals surface area (Å²) in [4.78, 5) is 0. The highest BCUT2D eigenvalue weighted by Crippen LogP contribution is 2.22. The van der Waals surface area contributed by atoms with Crippen molar-refractivity contribution in [3.05, 3.63) is 71.3 Å². The number of halogens is 1. The highest BCUT2D eigenvalue weighted by atomic mass is 32.1. The highest BCUT2D eigenvalue weighted by molar-refractivity contribution is 7.80. The van der Waals surface area contributed by atoms with E-state index < -0.39 is 0 Å². The number of benzene rings is 2. The molecular formula is C20H21FN4OS. The van der Waals surface area contributed by atoms with Crippen LogP contribution in [0.3, 0.4) is 0 Å². The quantitative estimate of drug-likeness (QED) is 0.634. The molecule has 3 aromatic rings. The Kier molecular flexibility index (Phi) is 5.71. The summed E-state index contributed by atoms with van der Waals surface area (Å²) < 4.78 is 20.9. The molecule has 5 nitrogen and oxygen atoms in total. The molecule has 2 aromatic carbocycles. The second-order valence-corrected chi connectivity index (χ2v) is 6.51. The van der Waals surface area contributed by atoms with Crippen LogP contribution in [0.2, 0.25) is 0 Å². The van der Waals surface area contributed by atoms with E-state index in [1.807, 2.05) is 44.2 Å². The van der Waals surface area contributed by atoms with Gasteiger partial charge in [-0.05, 0) is 44.3 Å². The van der Waals surface area contributed by atoms with Gasteiger partial charge in [-0.25, -0.2) is 4.39 Å². The third-order valence-corrected chi connectivity index (χ3v) is 4.43. The fraction of sp³-hybridized carbons (Fsp3) is 0.200. The fourth-order valence-corrected chi connectivity index (χ4v) is 3.02. The molecule has 0 unspecified atom stereocenters. The number of anilines is 2. The maximum Gasteiger partial charge on any atom is 0.175 e. The van der Waals surface area contributed by atoms with Gasteiger partial charge in [-0.2, -0.15) is 5.10 Å². The third-order valence-electron chi connectivity index (χ3n) is 4.23. The molecule has 7 heteroatoms. The van der Waals surface area contributed by atoms with E-state index in [1.54, 1.807) is 23.9 Å². The van der Waals surface area contributed by atoms with Crippen molar-refractivity contribution in [2.45, 2.75) is 20.4 Å². The predicted molar refractivity (Wildman–Crippen MR) is 110 cm³/mol. The standard InChI is InChI=1S/C20H21FN4OS/c1-13-19(23-20(27)22-16-8-6-9-17(11-16)26-3)14(2)25(24-13)12-15-7-4-5-10-18(15)21/h4-11H,12H2,1-3H3,(H2,22,23,27). The lowest BCUT2D eigenvalue weighted by atomic mass is 10.2. The Morgan fingerprint density at radius 2 is 1.93 bits per heavy atom. The lowest BCUT2D eigenvalue weighted by Crippen LogP contribution is -2.20. The molecule has 0 bridgehead atoms. The number of nitrogens with zero attached hydrogens (tertiary/aromatic N) is 2. The largest absolute Gasteiger partial charge is 0.497 e. The minimum atomic E-state index is -0.241. The van der Waals surface area contributed by atoms with Crippen LogP contribution >= 0.6 is 12.2 Å². The van der Waals surface area contributed by atoms with Gasteiger partial charge in [0.15, 0.2) is 5.11 Å². The van der Waals surface area contributed by atoms with Crippen molar-refractivity contribution in [2.75, 3.05) is 17.7 Å². The van der Waals surface area contributed by atoms with Crippen LogP contribution in [0.5, 0.6) is 5.75 Å². The summed E-state index contributed by atoms with van der Waals surface area (Å²) >= 11 is 5.42. The molecule has 0 saturated heterocycles. The Hall–Kier alpha value is -2.93. The van der Waals surface area contributed by atoms with Gasteiger partial charge < -0.3 is 15.4 Å². The number of ether oxygens (including phenoxy) is 1. The topological polar surface area (TPSA) is 51.1 Å². The number of aromatic nitrogens is 2. The van der Waals surface area contributed by atoms with Crippen molar-refractivity contribution in [3.63, 3.8) is 0 Å². The number of methoxy groups -OCH3 is 1. The molecule has 0 radical (unpaired) electrons. The average molecular weight is 384 g/mol. The van der Waals surface area contributed by atoms with Crippen LogP contribution in [0, 0.1) is 19.7 Å². The summed E-state index contributed by atoms with van der Waals surface area (Å²) in [7, 11) is 1.62. The molecule has 0 aliphatic rings. The molecule has 0 saturated carbocycles. The zero-order chi connectivity index (χ0) is 19.4. The first-order valence-corrected chi connectivity index (χ1v) is 8.88. The number of rotatable bonds is 5. The third kappa shape index (κ3) is 4.43. The van der Waals surface area contributed by atoms with Crippen LogP contribution in [0.1, 0.15) is 17.0 Å². The average Bonchev–Trinajstić information content (AvgIpc) is 2.91. The minimum Gasteiger partial charge on any atom is -0.497 e. The Morgan fingerprint density at radius 1 is 1.15 bits per heavy atom. The molecule has 0 spiro atoms. The van der Waals surface area contributed by atoms with Crippen molar-refractivity contribution >= 4 is 28.7 Å². The Labute approximate surface area is 163 Å². The van der Waals surface area contributed by atoms with Crippen molar-refractivity contribution in [1.29, 1.82) is 0 Å². The van der Waals surface area contributed by atoms with Crippen LogP contribution in [0.25, 0.3) is 0 Å². The minimum absolute atomic E-state index is 0.241. The molecule has 0 aliphatic carbocycles. The van der Waals surface area contributed by atoms with Crippen molar-refractivity contribution < 1.29 is 9.13 Å². The summed E-state index contributed by atoms with van der Waals surface area (Å²) in [6.45, 7) is 4.18. The molecule has 0 aliphatic heterocycles. The second kappa shape index (κ2) is 8.18. The Bertz CT molecular complexity index is 970.